The van der Waals surface area contributed by atoms with E-state index in [1.54, 1.807) is 24.3 Å². The van der Waals surface area contributed by atoms with Gasteiger partial charge >= 0.3 is 0 Å². The third-order valence-corrected chi connectivity index (χ3v) is 3.20. The number of rotatable bonds is 4. The Balaban J connectivity index is 0.000000254. The van der Waals surface area contributed by atoms with Crippen molar-refractivity contribution in [2.75, 3.05) is 20.0 Å². The van der Waals surface area contributed by atoms with Crippen LogP contribution in [0.4, 0.5) is 5.69 Å². The van der Waals surface area contributed by atoms with Crippen LogP contribution < -0.4 is 15.2 Å². The van der Waals surface area contributed by atoms with E-state index in [1.807, 2.05) is 0 Å². The summed E-state index contributed by atoms with van der Waals surface area (Å²) in [5.74, 6) is 0.325. The maximum Gasteiger partial charge on any atom is 0.200 e. The van der Waals surface area contributed by atoms with Crippen molar-refractivity contribution in [2.24, 2.45) is 0 Å². The lowest BCUT2D eigenvalue weighted by molar-refractivity contribution is 0.100. The van der Waals surface area contributed by atoms with E-state index in [1.165, 1.54) is 40.2 Å². The molecule has 0 aliphatic carbocycles. The zero-order valence-electron chi connectivity index (χ0n) is 14.1. The number of nitrogen functional groups attached to an aromatic ring is 1. The molecule has 0 aliphatic rings. The first-order chi connectivity index (χ1) is 11.3. The molecule has 0 radical (unpaired) electrons. The summed E-state index contributed by atoms with van der Waals surface area (Å²) in [7, 11) is 2.83. The molecule has 0 bridgehead atoms. The van der Waals surface area contributed by atoms with Gasteiger partial charge in [-0.25, -0.2) is 0 Å². The number of hydrogen-bond donors (Lipinski definition) is 2. The fourth-order valence-electron chi connectivity index (χ4n) is 1.81. The molecule has 0 saturated carbocycles. The van der Waals surface area contributed by atoms with Crippen molar-refractivity contribution in [3.8, 4) is 17.2 Å². The number of anilines is 1. The molecular weight excluding hydrogens is 310 g/mol. The standard InChI is InChI=1S/C10H12O4.C8H9NO/c1-6(11)7-4-8(13-2)10(12)9(5-7)14-3;1-6(10)7-2-4-8(9)5-3-7/h4-5,12H,1-3H3;2-5H,9H2,1H3. The second-order valence-corrected chi connectivity index (χ2v) is 4.96. The van der Waals surface area contributed by atoms with Crippen LogP contribution in [0.25, 0.3) is 0 Å². The summed E-state index contributed by atoms with van der Waals surface area (Å²) in [4.78, 5) is 21.8. The van der Waals surface area contributed by atoms with Crippen LogP contribution in [0.3, 0.4) is 0 Å². The summed E-state index contributed by atoms with van der Waals surface area (Å²) in [6.45, 7) is 2.97. The van der Waals surface area contributed by atoms with Crippen molar-refractivity contribution >= 4 is 17.3 Å². The van der Waals surface area contributed by atoms with E-state index in [-0.39, 0.29) is 28.8 Å². The van der Waals surface area contributed by atoms with Gasteiger partial charge < -0.3 is 20.3 Å². The Morgan fingerprint density at radius 2 is 1.29 bits per heavy atom. The number of benzene rings is 2. The van der Waals surface area contributed by atoms with E-state index in [9.17, 15) is 14.7 Å². The number of carbonyl (C=O) groups is 2. The lowest BCUT2D eigenvalue weighted by Gasteiger charge is -2.09. The SMILES string of the molecule is CC(=O)c1ccc(N)cc1.COc1cc(C(C)=O)cc(OC)c1O. The number of nitrogens with two attached hydrogens (primary N) is 1. The van der Waals surface area contributed by atoms with Gasteiger partial charge in [-0.2, -0.15) is 0 Å². The molecule has 0 fully saturated rings. The highest BCUT2D eigenvalue weighted by Crippen LogP contribution is 2.37. The number of hydrogen-bond acceptors (Lipinski definition) is 6. The topological polar surface area (TPSA) is 98.9 Å². The van der Waals surface area contributed by atoms with Crippen molar-refractivity contribution in [2.45, 2.75) is 13.8 Å². The van der Waals surface area contributed by atoms with Gasteiger partial charge in [0.25, 0.3) is 0 Å². The molecule has 0 spiro atoms. The molecule has 0 aliphatic heterocycles. The van der Waals surface area contributed by atoms with Crippen LogP contribution in [0.5, 0.6) is 17.2 Å². The van der Waals surface area contributed by atoms with Crippen molar-refractivity contribution < 1.29 is 24.2 Å². The van der Waals surface area contributed by atoms with Gasteiger partial charge in [0.2, 0.25) is 5.75 Å². The predicted molar refractivity (Wildman–Crippen MR) is 92.1 cm³/mol. The average molecular weight is 331 g/mol. The van der Waals surface area contributed by atoms with Crippen molar-refractivity contribution in [3.63, 3.8) is 0 Å². The normalized spacial score (nSPS) is 9.50. The van der Waals surface area contributed by atoms with Crippen LogP contribution in [0.15, 0.2) is 36.4 Å². The third-order valence-electron chi connectivity index (χ3n) is 3.20. The third kappa shape index (κ3) is 5.01. The zero-order valence-corrected chi connectivity index (χ0v) is 14.1. The van der Waals surface area contributed by atoms with Crippen LogP contribution in [0.1, 0.15) is 34.6 Å². The van der Waals surface area contributed by atoms with Gasteiger partial charge in [0.15, 0.2) is 23.1 Å². The number of methoxy groups -OCH3 is 2. The first-order valence-electron chi connectivity index (χ1n) is 7.12. The van der Waals surface area contributed by atoms with Crippen LogP contribution in [-0.2, 0) is 0 Å². The number of phenols is 1. The van der Waals surface area contributed by atoms with Gasteiger partial charge in [-0.15, -0.1) is 0 Å². The van der Waals surface area contributed by atoms with E-state index in [2.05, 4.69) is 0 Å². The Kier molecular flexibility index (Phi) is 6.79. The molecule has 2 aromatic carbocycles. The van der Waals surface area contributed by atoms with E-state index in [4.69, 9.17) is 15.2 Å². The molecule has 24 heavy (non-hydrogen) atoms. The molecule has 0 unspecified atom stereocenters. The van der Waals surface area contributed by atoms with Gasteiger partial charge in [-0.3, -0.25) is 9.59 Å². The molecule has 6 nitrogen and oxygen atoms in total. The number of phenolic OH excluding ortho intramolecular Hbond substituents is 1. The van der Waals surface area contributed by atoms with Crippen LogP contribution in [0, 0.1) is 0 Å². The maximum atomic E-state index is 11.1. The van der Waals surface area contributed by atoms with E-state index < -0.39 is 0 Å². The van der Waals surface area contributed by atoms with Crippen molar-refractivity contribution in [1.82, 2.24) is 0 Å². The Hall–Kier alpha value is -3.02. The number of aromatic hydroxyl groups is 1. The van der Waals surface area contributed by atoms with E-state index >= 15 is 0 Å². The molecule has 2 rings (SSSR count). The summed E-state index contributed by atoms with van der Waals surface area (Å²) in [5, 5.41) is 9.53. The minimum absolute atomic E-state index is 0.0694. The average Bonchev–Trinajstić information content (AvgIpc) is 2.55. The minimum atomic E-state index is -0.110. The Morgan fingerprint density at radius 1 is 0.875 bits per heavy atom. The molecule has 0 aromatic heterocycles. The fraction of sp³-hybridized carbons (Fsp3) is 0.222. The van der Waals surface area contributed by atoms with Crippen LogP contribution in [-0.4, -0.2) is 30.9 Å². The Morgan fingerprint density at radius 3 is 1.62 bits per heavy atom. The molecule has 6 heteroatoms. The highest BCUT2D eigenvalue weighted by Gasteiger charge is 2.12. The van der Waals surface area contributed by atoms with Gasteiger partial charge in [0.1, 0.15) is 0 Å². The van der Waals surface area contributed by atoms with Gasteiger partial charge in [0.05, 0.1) is 14.2 Å². The first-order valence-corrected chi connectivity index (χ1v) is 7.12. The molecule has 0 heterocycles. The zero-order chi connectivity index (χ0) is 18.3. The molecule has 0 amide bonds. The Labute approximate surface area is 140 Å². The molecule has 2 aromatic rings. The summed E-state index contributed by atoms with van der Waals surface area (Å²) in [6.07, 6.45) is 0. The van der Waals surface area contributed by atoms with Crippen LogP contribution in [0.2, 0.25) is 0 Å². The molecular formula is C18H21NO5. The van der Waals surface area contributed by atoms with Gasteiger partial charge in [-0.05, 0) is 50.2 Å². The predicted octanol–water partition coefficient (Wildman–Crippen LogP) is 3.08. The van der Waals surface area contributed by atoms with Gasteiger partial charge in [-0.1, -0.05) is 0 Å². The van der Waals surface area contributed by atoms with E-state index in [0.29, 0.717) is 16.8 Å². The number of Topliss-reactive ketones (excluding diaryl/α,β-unsaturated/α-hetero) is 2. The van der Waals surface area contributed by atoms with E-state index in [0.717, 1.165) is 0 Å². The maximum absolute atomic E-state index is 11.1. The second kappa shape index (κ2) is 8.57. The number of carbonyl (C=O) groups excluding carboxylic acids is 2. The summed E-state index contributed by atoms with van der Waals surface area (Å²) in [5.41, 5.74) is 7.24. The largest absolute Gasteiger partial charge is 0.502 e. The van der Waals surface area contributed by atoms with Crippen LogP contribution >= 0.6 is 0 Å². The highest BCUT2D eigenvalue weighted by atomic mass is 16.5. The second-order valence-electron chi connectivity index (χ2n) is 4.96. The lowest BCUT2D eigenvalue weighted by Crippen LogP contribution is -1.96. The monoisotopic (exact) mass is 331 g/mol. The quantitative estimate of drug-likeness (QED) is 0.660. The molecule has 3 N–H and O–H groups in total. The first kappa shape index (κ1) is 19.0. The lowest BCUT2D eigenvalue weighted by atomic mass is 10.1. The Bertz CT molecular complexity index is 698. The fourth-order valence-corrected chi connectivity index (χ4v) is 1.81. The molecule has 0 saturated heterocycles. The van der Waals surface area contributed by atoms with Crippen molar-refractivity contribution in [1.29, 1.82) is 0 Å². The smallest absolute Gasteiger partial charge is 0.200 e. The number of ketones is 2. The summed E-state index contributed by atoms with van der Waals surface area (Å²) in [6, 6.07) is 9.82. The minimum Gasteiger partial charge on any atom is -0.502 e. The van der Waals surface area contributed by atoms with Gasteiger partial charge in [0, 0.05) is 16.8 Å². The summed E-state index contributed by atoms with van der Waals surface area (Å²) < 4.78 is 9.79. The van der Waals surface area contributed by atoms with Crippen molar-refractivity contribution in [3.05, 3.63) is 47.5 Å². The molecule has 128 valence electrons. The highest BCUT2D eigenvalue weighted by molar-refractivity contribution is 5.95. The molecule has 0 atom stereocenters. The number of ether oxygens (including phenoxy) is 2. The summed E-state index contributed by atoms with van der Waals surface area (Å²) >= 11 is 0.